The molecule has 0 radical (unpaired) electrons. The highest BCUT2D eigenvalue weighted by Crippen LogP contribution is 2.35. The van der Waals surface area contributed by atoms with E-state index in [4.69, 9.17) is 4.74 Å². The second kappa shape index (κ2) is 7.75. The molecule has 0 saturated heterocycles. The van der Waals surface area contributed by atoms with Crippen LogP contribution in [-0.4, -0.2) is 51.3 Å². The van der Waals surface area contributed by atoms with Gasteiger partial charge in [0, 0.05) is 12.0 Å². The Labute approximate surface area is 141 Å². The van der Waals surface area contributed by atoms with Gasteiger partial charge in [-0.05, 0) is 12.5 Å². The molecule has 2 rings (SSSR count). The molecule has 0 aliphatic heterocycles. The van der Waals surface area contributed by atoms with Crippen LogP contribution in [-0.2, 0) is 9.09 Å². The lowest BCUT2D eigenvalue weighted by molar-refractivity contribution is -0.386. The van der Waals surface area contributed by atoms with Crippen molar-refractivity contribution in [3.8, 4) is 5.75 Å². The van der Waals surface area contributed by atoms with Gasteiger partial charge in [0.25, 0.3) is 0 Å². The number of aliphatic hydroxyl groups is 3. The number of hydrogen-bond acceptors (Lipinski definition) is 10. The van der Waals surface area contributed by atoms with Crippen molar-refractivity contribution in [1.82, 2.24) is 0 Å². The molecule has 11 nitrogen and oxygen atoms in total. The second-order valence-corrected chi connectivity index (χ2v) is 6.74. The Morgan fingerprint density at radius 1 is 1.16 bits per heavy atom. The lowest BCUT2D eigenvalue weighted by atomic mass is 9.81. The Morgan fingerprint density at radius 3 is 2.40 bits per heavy atom. The molecule has 5 atom stereocenters. The minimum absolute atomic E-state index is 0.168. The van der Waals surface area contributed by atoms with Gasteiger partial charge in [-0.25, -0.2) is 0 Å². The number of phosphoric ester groups is 1. The van der Waals surface area contributed by atoms with Crippen molar-refractivity contribution in [3.05, 3.63) is 34.4 Å². The van der Waals surface area contributed by atoms with Gasteiger partial charge in [-0.15, -0.1) is 0 Å². The van der Waals surface area contributed by atoms with E-state index in [0.717, 1.165) is 0 Å². The van der Waals surface area contributed by atoms with Crippen molar-refractivity contribution in [3.63, 3.8) is 0 Å². The molecular formula is C13H16NO10P-2. The summed E-state index contributed by atoms with van der Waals surface area (Å²) in [5, 5.41) is 40.8. The molecule has 0 aromatic heterocycles. The van der Waals surface area contributed by atoms with E-state index in [2.05, 4.69) is 4.52 Å². The van der Waals surface area contributed by atoms with Gasteiger partial charge in [0.1, 0.15) is 18.3 Å². The summed E-state index contributed by atoms with van der Waals surface area (Å²) in [4.78, 5) is 31.4. The monoisotopic (exact) mass is 377 g/mol. The first-order chi connectivity index (χ1) is 11.6. The smallest absolute Gasteiger partial charge is 0.310 e. The Morgan fingerprint density at radius 2 is 1.80 bits per heavy atom. The molecule has 1 fully saturated rings. The van der Waals surface area contributed by atoms with E-state index in [1.165, 1.54) is 24.3 Å². The fourth-order valence-electron chi connectivity index (χ4n) is 2.62. The molecular weight excluding hydrogens is 361 g/mol. The number of nitro groups is 1. The number of para-hydroxylation sites is 2. The van der Waals surface area contributed by atoms with Crippen molar-refractivity contribution in [2.24, 2.45) is 5.92 Å². The van der Waals surface area contributed by atoms with Crippen molar-refractivity contribution in [1.29, 1.82) is 0 Å². The summed E-state index contributed by atoms with van der Waals surface area (Å²) in [5.74, 6) is -1.21. The molecule has 140 valence electrons. The van der Waals surface area contributed by atoms with Gasteiger partial charge in [-0.2, -0.15) is 0 Å². The van der Waals surface area contributed by atoms with Crippen molar-refractivity contribution >= 4 is 13.5 Å². The summed E-state index contributed by atoms with van der Waals surface area (Å²) in [5.41, 5.74) is -0.369. The predicted molar refractivity (Wildman–Crippen MR) is 77.2 cm³/mol. The fraction of sp³-hybridized carbons (Fsp3) is 0.538. The Hall–Kier alpha value is -1.59. The van der Waals surface area contributed by atoms with Gasteiger partial charge < -0.3 is 38.9 Å². The van der Waals surface area contributed by atoms with E-state index < -0.39 is 49.7 Å². The van der Waals surface area contributed by atoms with Gasteiger partial charge in [0.15, 0.2) is 5.75 Å². The van der Waals surface area contributed by atoms with Crippen LogP contribution in [0.2, 0.25) is 0 Å². The third-order valence-electron chi connectivity index (χ3n) is 3.89. The first-order valence-electron chi connectivity index (χ1n) is 7.21. The van der Waals surface area contributed by atoms with Crippen LogP contribution < -0.4 is 14.5 Å². The largest absolute Gasteiger partial charge is 0.790 e. The highest BCUT2D eigenvalue weighted by molar-refractivity contribution is 7.43. The van der Waals surface area contributed by atoms with E-state index >= 15 is 0 Å². The number of rotatable bonds is 6. The highest BCUT2D eigenvalue weighted by Gasteiger charge is 2.44. The summed E-state index contributed by atoms with van der Waals surface area (Å²) >= 11 is 0. The third-order valence-corrected chi connectivity index (χ3v) is 4.35. The number of nitrogens with zero attached hydrogens (tertiary/aromatic N) is 1. The topological polar surface area (TPSA) is 185 Å². The maximum Gasteiger partial charge on any atom is 0.310 e. The number of hydrogen-bond donors (Lipinski definition) is 3. The van der Waals surface area contributed by atoms with Gasteiger partial charge in [0.2, 0.25) is 0 Å². The van der Waals surface area contributed by atoms with E-state index in [1.54, 1.807) is 0 Å². The summed E-state index contributed by atoms with van der Waals surface area (Å²) in [6.45, 7) is -0.716. The highest BCUT2D eigenvalue weighted by atomic mass is 31.2. The average molecular weight is 377 g/mol. The zero-order valence-electron chi connectivity index (χ0n) is 12.7. The molecule has 0 spiro atoms. The predicted octanol–water partition coefficient (Wildman–Crippen LogP) is -1.71. The van der Waals surface area contributed by atoms with E-state index in [9.17, 15) is 39.8 Å². The zero-order chi connectivity index (χ0) is 18.8. The number of aliphatic hydroxyl groups excluding tert-OH is 3. The zero-order valence-corrected chi connectivity index (χ0v) is 13.6. The van der Waals surface area contributed by atoms with Crippen LogP contribution in [0.4, 0.5) is 5.69 Å². The van der Waals surface area contributed by atoms with Crippen LogP contribution in [0, 0.1) is 16.0 Å². The standard InChI is InChI=1S/C13H18NO10P/c15-11-7(6-23-25(20,21)22)5-10(12(16)13(11)17)24-9-4-2-1-3-8(9)14(18)19/h1-4,7,10-13,15-17H,5-6H2,(H2,20,21,22)/p-2. The molecule has 5 unspecified atom stereocenters. The van der Waals surface area contributed by atoms with Crippen LogP contribution in [0.15, 0.2) is 24.3 Å². The van der Waals surface area contributed by atoms with Crippen LogP contribution in [0.25, 0.3) is 0 Å². The molecule has 3 N–H and O–H groups in total. The normalized spacial score (nSPS) is 30.0. The first-order valence-corrected chi connectivity index (χ1v) is 8.67. The van der Waals surface area contributed by atoms with Crippen molar-refractivity contribution in [2.75, 3.05) is 6.61 Å². The lowest BCUT2D eigenvalue weighted by Crippen LogP contribution is -2.56. The summed E-state index contributed by atoms with van der Waals surface area (Å²) in [6, 6.07) is 5.35. The third kappa shape index (κ3) is 4.95. The maximum absolute atomic E-state index is 11.0. The van der Waals surface area contributed by atoms with E-state index in [-0.39, 0.29) is 17.9 Å². The summed E-state index contributed by atoms with van der Waals surface area (Å²) in [7, 11) is -5.29. The minimum Gasteiger partial charge on any atom is -0.790 e. The number of benzene rings is 1. The lowest BCUT2D eigenvalue weighted by Gasteiger charge is -2.41. The van der Waals surface area contributed by atoms with Gasteiger partial charge in [0.05, 0.1) is 25.5 Å². The fourth-order valence-corrected chi connectivity index (χ4v) is 2.99. The molecule has 0 bridgehead atoms. The summed E-state index contributed by atoms with van der Waals surface area (Å²) in [6.07, 6.45) is -6.26. The van der Waals surface area contributed by atoms with E-state index in [0.29, 0.717) is 0 Å². The quantitative estimate of drug-likeness (QED) is 0.293. The Balaban J connectivity index is 2.16. The van der Waals surface area contributed by atoms with Crippen LogP contribution >= 0.6 is 7.82 Å². The van der Waals surface area contributed by atoms with Crippen molar-refractivity contribution < 1.29 is 43.9 Å². The molecule has 0 amide bonds. The molecule has 1 aromatic rings. The summed E-state index contributed by atoms with van der Waals surface area (Å²) < 4.78 is 20.1. The molecule has 1 aromatic carbocycles. The van der Waals surface area contributed by atoms with Crippen LogP contribution in [0.5, 0.6) is 5.75 Å². The second-order valence-electron chi connectivity index (χ2n) is 5.59. The first kappa shape index (κ1) is 19.7. The molecule has 1 aliphatic carbocycles. The van der Waals surface area contributed by atoms with E-state index in [1.807, 2.05) is 0 Å². The van der Waals surface area contributed by atoms with Gasteiger partial charge in [-0.3, -0.25) is 10.1 Å². The number of phosphoric acid groups is 1. The van der Waals surface area contributed by atoms with Gasteiger partial charge in [-0.1, -0.05) is 12.1 Å². The molecule has 25 heavy (non-hydrogen) atoms. The van der Waals surface area contributed by atoms with Gasteiger partial charge >= 0.3 is 5.69 Å². The van der Waals surface area contributed by atoms with Crippen LogP contribution in [0.3, 0.4) is 0 Å². The molecule has 1 aliphatic rings. The molecule has 12 heteroatoms. The SMILES string of the molecule is O=[N+]([O-])c1ccccc1OC1CC(COP(=O)([O-])[O-])C(O)C(O)C1O. The minimum atomic E-state index is -5.29. The Kier molecular flexibility index (Phi) is 6.12. The maximum atomic E-state index is 11.0. The van der Waals surface area contributed by atoms with Crippen molar-refractivity contribution in [2.45, 2.75) is 30.8 Å². The average Bonchev–Trinajstić information content (AvgIpc) is 2.53. The molecule has 1 saturated carbocycles. The number of ether oxygens (including phenoxy) is 1. The Bertz CT molecular complexity index is 664. The number of nitro benzene ring substituents is 1. The molecule has 0 heterocycles. The van der Waals surface area contributed by atoms with Crippen LogP contribution in [0.1, 0.15) is 6.42 Å².